The maximum absolute atomic E-state index is 13.5. The highest BCUT2D eigenvalue weighted by Gasteiger charge is 2.42. The van der Waals surface area contributed by atoms with Gasteiger partial charge in [0, 0.05) is 42.4 Å². The number of carbonyl (C=O) groups excluding carboxylic acids is 3. The molecule has 2 N–H and O–H groups in total. The summed E-state index contributed by atoms with van der Waals surface area (Å²) in [5.41, 5.74) is 3.14. The molecule has 1 aromatic carbocycles. The maximum atomic E-state index is 13.5. The quantitative estimate of drug-likeness (QED) is 0.767. The molecule has 1 aliphatic heterocycles. The third-order valence-electron chi connectivity index (χ3n) is 6.50. The summed E-state index contributed by atoms with van der Waals surface area (Å²) in [6.07, 6.45) is 4.76. The zero-order valence-corrected chi connectivity index (χ0v) is 16.7. The number of aromatic nitrogens is 1. The van der Waals surface area contributed by atoms with E-state index in [1.165, 1.54) is 6.08 Å². The number of allylic oxidation sites excluding steroid dienone is 1. The number of ketones is 1. The van der Waals surface area contributed by atoms with Crippen LogP contribution in [0.3, 0.4) is 0 Å². The summed E-state index contributed by atoms with van der Waals surface area (Å²) < 4.78 is 0. The lowest BCUT2D eigenvalue weighted by Gasteiger charge is -2.37. The van der Waals surface area contributed by atoms with Crippen LogP contribution in [0.25, 0.3) is 10.9 Å². The minimum Gasteiger partial charge on any atom is -0.357 e. The second-order valence-corrected chi connectivity index (χ2v) is 8.10. The van der Waals surface area contributed by atoms with E-state index in [1.54, 1.807) is 11.9 Å². The number of carbonyl (C=O) groups is 3. The molecule has 0 saturated heterocycles. The Morgan fingerprint density at radius 1 is 1.28 bits per heavy atom. The second kappa shape index (κ2) is 7.85. The van der Waals surface area contributed by atoms with Gasteiger partial charge in [0.15, 0.2) is 5.78 Å². The second-order valence-electron chi connectivity index (χ2n) is 8.10. The van der Waals surface area contributed by atoms with Crippen molar-refractivity contribution < 1.29 is 14.4 Å². The summed E-state index contributed by atoms with van der Waals surface area (Å²) in [6, 6.07) is 7.50. The Balaban J connectivity index is 1.65. The van der Waals surface area contributed by atoms with Crippen molar-refractivity contribution in [2.75, 3.05) is 7.05 Å². The number of nitrogens with one attached hydrogen (secondary N) is 2. The number of rotatable bonds is 5. The number of benzene rings is 1. The number of aromatic amines is 1. The van der Waals surface area contributed by atoms with Crippen molar-refractivity contribution in [3.05, 3.63) is 48.2 Å². The van der Waals surface area contributed by atoms with E-state index in [0.717, 1.165) is 41.4 Å². The summed E-state index contributed by atoms with van der Waals surface area (Å²) in [5.74, 6) is -0.359. The summed E-state index contributed by atoms with van der Waals surface area (Å²) in [5, 5.41) is 3.83. The van der Waals surface area contributed by atoms with E-state index in [4.69, 9.17) is 0 Å². The minimum absolute atomic E-state index is 0.0118. The summed E-state index contributed by atoms with van der Waals surface area (Å²) in [7, 11) is 1.61. The zero-order chi connectivity index (χ0) is 20.5. The topological polar surface area (TPSA) is 82.3 Å². The summed E-state index contributed by atoms with van der Waals surface area (Å²) in [6.45, 7) is 3.94. The van der Waals surface area contributed by atoms with Crippen LogP contribution in [-0.4, -0.2) is 40.6 Å². The number of likely N-dealkylation sites (N-methyl/N-ethyl adjacent to an activating group) is 1. The average Bonchev–Trinajstić information content (AvgIpc) is 3.35. The molecular formula is C23H27N3O3. The van der Waals surface area contributed by atoms with Crippen LogP contribution in [0.5, 0.6) is 0 Å². The lowest BCUT2D eigenvalue weighted by atomic mass is 9.88. The highest BCUT2D eigenvalue weighted by molar-refractivity contribution is 5.93. The largest absolute Gasteiger partial charge is 0.357 e. The first kappa shape index (κ1) is 19.4. The molecule has 1 fully saturated rings. The van der Waals surface area contributed by atoms with Crippen LogP contribution in [0.2, 0.25) is 0 Å². The van der Waals surface area contributed by atoms with Crippen LogP contribution < -0.4 is 5.32 Å². The van der Waals surface area contributed by atoms with Crippen molar-refractivity contribution in [2.24, 2.45) is 11.8 Å². The molecule has 2 unspecified atom stereocenters. The fraction of sp³-hybridized carbons (Fsp3) is 0.435. The fourth-order valence-electron chi connectivity index (χ4n) is 5.00. The molecule has 152 valence electrons. The molecule has 0 radical (unpaired) electrons. The lowest BCUT2D eigenvalue weighted by molar-refractivity contribution is -0.146. The molecule has 3 atom stereocenters. The molecule has 29 heavy (non-hydrogen) atoms. The van der Waals surface area contributed by atoms with E-state index in [0.29, 0.717) is 19.4 Å². The molecule has 2 heterocycles. The zero-order valence-electron chi connectivity index (χ0n) is 16.7. The van der Waals surface area contributed by atoms with Crippen molar-refractivity contribution in [2.45, 2.75) is 44.7 Å². The molecule has 6 heteroatoms. The SMILES string of the molecule is C=CC(=O)CC1CCCC1C(=O)N1Cc2[nH]c3ccccc3c2C[C@@H]1C(=O)NC. The van der Waals surface area contributed by atoms with Crippen molar-refractivity contribution in [1.29, 1.82) is 0 Å². The van der Waals surface area contributed by atoms with E-state index in [1.807, 2.05) is 18.2 Å². The number of fused-ring (bicyclic) bond motifs is 3. The van der Waals surface area contributed by atoms with Gasteiger partial charge in [-0.1, -0.05) is 31.2 Å². The van der Waals surface area contributed by atoms with Crippen molar-refractivity contribution >= 4 is 28.5 Å². The van der Waals surface area contributed by atoms with E-state index in [2.05, 4.69) is 22.9 Å². The van der Waals surface area contributed by atoms with Gasteiger partial charge >= 0.3 is 0 Å². The number of amides is 2. The van der Waals surface area contributed by atoms with Gasteiger partial charge in [-0.05, 0) is 36.5 Å². The Bertz CT molecular complexity index is 977. The normalized spacial score (nSPS) is 23.6. The van der Waals surface area contributed by atoms with Crippen molar-refractivity contribution in [1.82, 2.24) is 15.2 Å². The molecule has 1 aliphatic carbocycles. The maximum Gasteiger partial charge on any atom is 0.242 e. The predicted molar refractivity (Wildman–Crippen MR) is 111 cm³/mol. The summed E-state index contributed by atoms with van der Waals surface area (Å²) in [4.78, 5) is 43.2. The highest BCUT2D eigenvalue weighted by atomic mass is 16.2. The Hall–Kier alpha value is -2.89. The minimum atomic E-state index is -0.532. The molecule has 4 rings (SSSR count). The molecule has 2 aliphatic rings. The van der Waals surface area contributed by atoms with Gasteiger partial charge < -0.3 is 15.2 Å². The van der Waals surface area contributed by atoms with Crippen LogP contribution in [0.1, 0.15) is 36.9 Å². The van der Waals surface area contributed by atoms with Crippen LogP contribution >= 0.6 is 0 Å². The van der Waals surface area contributed by atoms with E-state index < -0.39 is 6.04 Å². The molecule has 1 saturated carbocycles. The molecule has 1 aromatic heterocycles. The van der Waals surface area contributed by atoms with Crippen LogP contribution in [-0.2, 0) is 27.3 Å². The standard InChI is InChI=1S/C23H27N3O3/c1-3-15(27)11-14-7-6-9-16(14)23(29)26-13-20-18(12-21(26)22(28)24-2)17-8-4-5-10-19(17)25-20/h3-5,8,10,14,16,21,25H,1,6-7,9,11-13H2,2H3,(H,24,28)/t14?,16?,21-/m1/s1. The summed E-state index contributed by atoms with van der Waals surface area (Å²) >= 11 is 0. The lowest BCUT2D eigenvalue weighted by Crippen LogP contribution is -2.53. The Morgan fingerprint density at radius 2 is 2.07 bits per heavy atom. The third kappa shape index (κ3) is 3.48. The Kier molecular flexibility index (Phi) is 5.26. The molecule has 6 nitrogen and oxygen atoms in total. The van der Waals surface area contributed by atoms with E-state index >= 15 is 0 Å². The molecular weight excluding hydrogens is 366 g/mol. The van der Waals surface area contributed by atoms with Gasteiger partial charge in [-0.15, -0.1) is 0 Å². The molecule has 2 amide bonds. The first-order valence-electron chi connectivity index (χ1n) is 10.3. The Labute approximate surface area is 170 Å². The van der Waals surface area contributed by atoms with Gasteiger partial charge in [0.2, 0.25) is 11.8 Å². The van der Waals surface area contributed by atoms with E-state index in [9.17, 15) is 14.4 Å². The van der Waals surface area contributed by atoms with Gasteiger partial charge in [-0.25, -0.2) is 0 Å². The van der Waals surface area contributed by atoms with E-state index in [-0.39, 0.29) is 29.4 Å². The first-order chi connectivity index (χ1) is 14.0. The third-order valence-corrected chi connectivity index (χ3v) is 6.50. The average molecular weight is 393 g/mol. The van der Waals surface area contributed by atoms with Gasteiger partial charge in [0.25, 0.3) is 0 Å². The highest BCUT2D eigenvalue weighted by Crippen LogP contribution is 2.38. The van der Waals surface area contributed by atoms with Gasteiger partial charge in [0.1, 0.15) is 6.04 Å². The Morgan fingerprint density at radius 3 is 2.83 bits per heavy atom. The van der Waals surface area contributed by atoms with Gasteiger partial charge in [-0.2, -0.15) is 0 Å². The first-order valence-corrected chi connectivity index (χ1v) is 10.3. The van der Waals surface area contributed by atoms with Gasteiger partial charge in [-0.3, -0.25) is 14.4 Å². The predicted octanol–water partition coefficient (Wildman–Crippen LogP) is 2.73. The number of hydrogen-bond acceptors (Lipinski definition) is 3. The van der Waals surface area contributed by atoms with Crippen molar-refractivity contribution in [3.8, 4) is 0 Å². The molecule has 0 bridgehead atoms. The fourth-order valence-corrected chi connectivity index (χ4v) is 5.00. The molecule has 0 spiro atoms. The number of hydrogen-bond donors (Lipinski definition) is 2. The number of para-hydroxylation sites is 1. The number of nitrogens with zero attached hydrogens (tertiary/aromatic N) is 1. The smallest absolute Gasteiger partial charge is 0.242 e. The number of H-pyrrole nitrogens is 1. The monoisotopic (exact) mass is 393 g/mol. The van der Waals surface area contributed by atoms with Crippen molar-refractivity contribution in [3.63, 3.8) is 0 Å². The van der Waals surface area contributed by atoms with Crippen LogP contribution in [0, 0.1) is 11.8 Å². The molecule has 2 aromatic rings. The van der Waals surface area contributed by atoms with Gasteiger partial charge in [0.05, 0.1) is 6.54 Å². The van der Waals surface area contributed by atoms with Crippen LogP contribution in [0.4, 0.5) is 0 Å². The van der Waals surface area contributed by atoms with Crippen LogP contribution in [0.15, 0.2) is 36.9 Å².